The van der Waals surface area contributed by atoms with Crippen LogP contribution in [0.25, 0.3) is 0 Å². The van der Waals surface area contributed by atoms with E-state index in [0.717, 1.165) is 45.1 Å². The van der Waals surface area contributed by atoms with Gasteiger partial charge in [-0.3, -0.25) is 9.69 Å². The molecule has 0 aromatic carbocycles. The molecule has 4 nitrogen and oxygen atoms in total. The van der Waals surface area contributed by atoms with Gasteiger partial charge in [0, 0.05) is 51.2 Å². The first kappa shape index (κ1) is 16.3. The normalized spacial score (nSPS) is 29.3. The standard InChI is InChI=1S/C18H32N2O2/c1-14(2)10-17(22)19-8-6-18(7-9-19)13-20(11-15(18)12-21)16-4-3-5-16/h14-16,21H,3-13H2,1-2H3. The Morgan fingerprint density at radius 2 is 1.95 bits per heavy atom. The second-order valence-corrected chi connectivity index (χ2v) is 8.23. The molecular weight excluding hydrogens is 276 g/mol. The first-order valence-corrected chi connectivity index (χ1v) is 9.17. The van der Waals surface area contributed by atoms with Crippen LogP contribution in [-0.4, -0.2) is 59.6 Å². The molecule has 3 rings (SSSR count). The van der Waals surface area contributed by atoms with Crippen LogP contribution in [0.5, 0.6) is 0 Å². The van der Waals surface area contributed by atoms with Crippen molar-refractivity contribution in [1.82, 2.24) is 9.80 Å². The molecule has 22 heavy (non-hydrogen) atoms. The maximum atomic E-state index is 12.3. The van der Waals surface area contributed by atoms with Gasteiger partial charge in [0.15, 0.2) is 0 Å². The Labute approximate surface area is 134 Å². The van der Waals surface area contributed by atoms with Gasteiger partial charge in [-0.1, -0.05) is 20.3 Å². The Kier molecular flexibility index (Phi) is 4.79. The van der Waals surface area contributed by atoms with E-state index < -0.39 is 0 Å². The van der Waals surface area contributed by atoms with Crippen LogP contribution >= 0.6 is 0 Å². The lowest BCUT2D eigenvalue weighted by Crippen LogP contribution is -2.47. The molecule has 2 aliphatic heterocycles. The van der Waals surface area contributed by atoms with Crippen LogP contribution in [0.4, 0.5) is 0 Å². The molecule has 0 aromatic heterocycles. The van der Waals surface area contributed by atoms with Crippen LogP contribution in [0, 0.1) is 17.3 Å². The predicted octanol–water partition coefficient (Wildman–Crippen LogP) is 2.12. The third kappa shape index (κ3) is 3.05. The van der Waals surface area contributed by atoms with Gasteiger partial charge in [0.05, 0.1) is 0 Å². The van der Waals surface area contributed by atoms with Gasteiger partial charge < -0.3 is 10.0 Å². The van der Waals surface area contributed by atoms with Crippen LogP contribution in [0.15, 0.2) is 0 Å². The minimum absolute atomic E-state index is 0.263. The third-order valence-electron chi connectivity index (χ3n) is 6.35. The lowest BCUT2D eigenvalue weighted by molar-refractivity contribution is -0.134. The molecule has 2 saturated heterocycles. The van der Waals surface area contributed by atoms with Crippen molar-refractivity contribution in [2.75, 3.05) is 32.8 Å². The van der Waals surface area contributed by atoms with E-state index in [-0.39, 0.29) is 5.41 Å². The summed E-state index contributed by atoms with van der Waals surface area (Å²) in [5, 5.41) is 9.86. The zero-order valence-electron chi connectivity index (χ0n) is 14.3. The van der Waals surface area contributed by atoms with Gasteiger partial charge in [-0.25, -0.2) is 0 Å². The fourth-order valence-corrected chi connectivity index (χ4v) is 4.60. The molecule has 126 valence electrons. The molecule has 1 aliphatic carbocycles. The third-order valence-corrected chi connectivity index (χ3v) is 6.35. The highest BCUT2D eigenvalue weighted by Gasteiger charge is 2.49. The Bertz CT molecular complexity index is 398. The first-order chi connectivity index (χ1) is 10.5. The molecule has 1 atom stereocenters. The number of carbonyl (C=O) groups excluding carboxylic acids is 1. The van der Waals surface area contributed by atoms with Crippen molar-refractivity contribution >= 4 is 5.91 Å². The summed E-state index contributed by atoms with van der Waals surface area (Å²) >= 11 is 0. The van der Waals surface area contributed by atoms with Crippen molar-refractivity contribution in [1.29, 1.82) is 0 Å². The zero-order valence-corrected chi connectivity index (χ0v) is 14.3. The van der Waals surface area contributed by atoms with Crippen molar-refractivity contribution in [3.05, 3.63) is 0 Å². The van der Waals surface area contributed by atoms with Gasteiger partial charge in [0.1, 0.15) is 0 Å². The van der Waals surface area contributed by atoms with Gasteiger partial charge in [-0.05, 0) is 37.0 Å². The maximum absolute atomic E-state index is 12.3. The molecule has 0 radical (unpaired) electrons. The van der Waals surface area contributed by atoms with Gasteiger partial charge in [-0.2, -0.15) is 0 Å². The monoisotopic (exact) mass is 308 g/mol. The predicted molar refractivity (Wildman–Crippen MR) is 87.5 cm³/mol. The topological polar surface area (TPSA) is 43.8 Å². The molecule has 4 heteroatoms. The van der Waals surface area contributed by atoms with Crippen molar-refractivity contribution in [3.63, 3.8) is 0 Å². The van der Waals surface area contributed by atoms with Crippen LogP contribution in [-0.2, 0) is 4.79 Å². The van der Waals surface area contributed by atoms with Crippen molar-refractivity contribution in [2.24, 2.45) is 17.3 Å². The molecule has 1 N–H and O–H groups in total. The Balaban J connectivity index is 1.59. The summed E-state index contributed by atoms with van der Waals surface area (Å²) < 4.78 is 0. The first-order valence-electron chi connectivity index (χ1n) is 9.17. The molecule has 2 heterocycles. The van der Waals surface area contributed by atoms with Crippen molar-refractivity contribution < 1.29 is 9.90 Å². The lowest BCUT2D eigenvalue weighted by atomic mass is 9.71. The molecular formula is C18H32N2O2. The molecule has 0 aromatic rings. The lowest BCUT2D eigenvalue weighted by Gasteiger charge is -2.43. The van der Waals surface area contributed by atoms with Crippen LogP contribution in [0.2, 0.25) is 0 Å². The summed E-state index contributed by atoms with van der Waals surface area (Å²) in [6.07, 6.45) is 6.87. The highest BCUT2D eigenvalue weighted by molar-refractivity contribution is 5.76. The summed E-state index contributed by atoms with van der Waals surface area (Å²) in [5.41, 5.74) is 0.263. The number of nitrogens with zero attached hydrogens (tertiary/aromatic N) is 2. The van der Waals surface area contributed by atoms with E-state index >= 15 is 0 Å². The van der Waals surface area contributed by atoms with Gasteiger partial charge in [-0.15, -0.1) is 0 Å². The summed E-state index contributed by atoms with van der Waals surface area (Å²) in [6.45, 7) is 8.53. The van der Waals surface area contributed by atoms with Crippen LogP contribution < -0.4 is 0 Å². The second kappa shape index (κ2) is 6.48. The van der Waals surface area contributed by atoms with E-state index in [4.69, 9.17) is 0 Å². The summed E-state index contributed by atoms with van der Waals surface area (Å²) in [5.74, 6) is 1.17. The number of carbonyl (C=O) groups is 1. The summed E-state index contributed by atoms with van der Waals surface area (Å²) in [4.78, 5) is 17.0. The Morgan fingerprint density at radius 1 is 1.27 bits per heavy atom. The minimum Gasteiger partial charge on any atom is -0.396 e. The number of rotatable bonds is 4. The van der Waals surface area contributed by atoms with Crippen molar-refractivity contribution in [2.45, 2.75) is 58.4 Å². The van der Waals surface area contributed by atoms with E-state index in [2.05, 4.69) is 23.6 Å². The number of aliphatic hydroxyl groups is 1. The molecule has 3 fully saturated rings. The van der Waals surface area contributed by atoms with Gasteiger partial charge >= 0.3 is 0 Å². The zero-order chi connectivity index (χ0) is 15.7. The van der Waals surface area contributed by atoms with E-state index in [1.165, 1.54) is 19.3 Å². The number of likely N-dealkylation sites (tertiary alicyclic amines) is 2. The second-order valence-electron chi connectivity index (χ2n) is 8.23. The largest absolute Gasteiger partial charge is 0.396 e. The number of amides is 1. The van der Waals surface area contributed by atoms with E-state index in [1.54, 1.807) is 0 Å². The molecule has 1 amide bonds. The van der Waals surface area contributed by atoms with Crippen molar-refractivity contribution in [3.8, 4) is 0 Å². The fraction of sp³-hybridized carbons (Fsp3) is 0.944. The molecule has 0 bridgehead atoms. The highest BCUT2D eigenvalue weighted by Crippen LogP contribution is 2.46. The van der Waals surface area contributed by atoms with Crippen LogP contribution in [0.3, 0.4) is 0 Å². The van der Waals surface area contributed by atoms with Gasteiger partial charge in [0.25, 0.3) is 0 Å². The average molecular weight is 308 g/mol. The number of hydrogen-bond acceptors (Lipinski definition) is 3. The summed E-state index contributed by atoms with van der Waals surface area (Å²) in [6, 6.07) is 0.772. The molecule has 3 aliphatic rings. The smallest absolute Gasteiger partial charge is 0.222 e. The Hall–Kier alpha value is -0.610. The van der Waals surface area contributed by atoms with E-state index in [9.17, 15) is 9.90 Å². The molecule has 1 spiro atoms. The molecule has 1 unspecified atom stereocenters. The fourth-order valence-electron chi connectivity index (χ4n) is 4.60. The summed E-state index contributed by atoms with van der Waals surface area (Å²) in [7, 11) is 0. The Morgan fingerprint density at radius 3 is 2.45 bits per heavy atom. The molecule has 1 saturated carbocycles. The average Bonchev–Trinajstić information content (AvgIpc) is 2.75. The van der Waals surface area contributed by atoms with Gasteiger partial charge in [0.2, 0.25) is 5.91 Å². The highest BCUT2D eigenvalue weighted by atomic mass is 16.3. The minimum atomic E-state index is 0.263. The van der Waals surface area contributed by atoms with E-state index in [0.29, 0.717) is 30.8 Å². The van der Waals surface area contributed by atoms with E-state index in [1.807, 2.05) is 0 Å². The van der Waals surface area contributed by atoms with Crippen LogP contribution in [0.1, 0.15) is 52.4 Å². The number of piperidine rings is 1. The quantitative estimate of drug-likeness (QED) is 0.865. The number of aliphatic hydroxyl groups excluding tert-OH is 1. The maximum Gasteiger partial charge on any atom is 0.222 e. The number of hydrogen-bond donors (Lipinski definition) is 1. The SMILES string of the molecule is CC(C)CC(=O)N1CCC2(CC1)CN(C1CCC1)CC2CO.